The van der Waals surface area contributed by atoms with Crippen LogP contribution in [0.3, 0.4) is 0 Å². The van der Waals surface area contributed by atoms with E-state index in [1.807, 2.05) is 18.2 Å². The summed E-state index contributed by atoms with van der Waals surface area (Å²) in [5, 5.41) is 1.57. The highest BCUT2D eigenvalue weighted by Gasteiger charge is 2.07. The van der Waals surface area contributed by atoms with Crippen molar-refractivity contribution in [1.29, 1.82) is 0 Å². The van der Waals surface area contributed by atoms with Crippen LogP contribution in [0, 0.1) is 11.6 Å². The maximum atomic E-state index is 13.6. The highest BCUT2D eigenvalue weighted by atomic mass is 32.2. The molecule has 5 heteroatoms. The number of aromatic nitrogens is 1. The fourth-order valence-corrected chi connectivity index (χ4v) is 2.65. The minimum Gasteiger partial charge on any atom is -0.399 e. The van der Waals surface area contributed by atoms with E-state index < -0.39 is 11.6 Å². The zero-order valence-corrected chi connectivity index (χ0v) is 11.1. The van der Waals surface area contributed by atoms with Gasteiger partial charge in [-0.3, -0.25) is 0 Å². The van der Waals surface area contributed by atoms with E-state index in [-0.39, 0.29) is 0 Å². The van der Waals surface area contributed by atoms with Gasteiger partial charge in [0.05, 0.1) is 5.52 Å². The monoisotopic (exact) mass is 288 g/mol. The second-order valence-electron chi connectivity index (χ2n) is 4.28. The van der Waals surface area contributed by atoms with Crippen molar-refractivity contribution >= 4 is 28.4 Å². The number of nitrogen functional groups attached to an aromatic ring is 1. The van der Waals surface area contributed by atoms with E-state index in [0.717, 1.165) is 28.7 Å². The normalized spacial score (nSPS) is 10.9. The number of hydrogen-bond donors (Lipinski definition) is 1. The summed E-state index contributed by atoms with van der Waals surface area (Å²) in [6.07, 6.45) is 0. The van der Waals surface area contributed by atoms with Gasteiger partial charge in [-0.1, -0.05) is 17.8 Å². The van der Waals surface area contributed by atoms with Crippen LogP contribution in [-0.2, 0) is 0 Å². The summed E-state index contributed by atoms with van der Waals surface area (Å²) in [6.45, 7) is 0. The Labute approximate surface area is 118 Å². The van der Waals surface area contributed by atoms with Crippen molar-refractivity contribution in [2.24, 2.45) is 0 Å². The van der Waals surface area contributed by atoms with Gasteiger partial charge in [-0.2, -0.15) is 0 Å². The zero-order valence-electron chi connectivity index (χ0n) is 10.3. The van der Waals surface area contributed by atoms with Gasteiger partial charge >= 0.3 is 0 Å². The molecule has 0 radical (unpaired) electrons. The van der Waals surface area contributed by atoms with E-state index in [9.17, 15) is 8.78 Å². The van der Waals surface area contributed by atoms with Crippen LogP contribution in [0.4, 0.5) is 14.5 Å². The van der Waals surface area contributed by atoms with Gasteiger partial charge in [-0.05, 0) is 36.4 Å². The van der Waals surface area contributed by atoms with Crippen molar-refractivity contribution in [2.75, 3.05) is 5.73 Å². The van der Waals surface area contributed by atoms with Crippen molar-refractivity contribution in [2.45, 2.75) is 9.92 Å². The second kappa shape index (κ2) is 5.09. The maximum absolute atomic E-state index is 13.6. The number of hydrogen-bond acceptors (Lipinski definition) is 3. The number of benzene rings is 2. The van der Waals surface area contributed by atoms with Gasteiger partial charge in [0.2, 0.25) is 0 Å². The van der Waals surface area contributed by atoms with Crippen LogP contribution >= 0.6 is 11.8 Å². The van der Waals surface area contributed by atoms with Crippen molar-refractivity contribution in [3.8, 4) is 0 Å². The first kappa shape index (κ1) is 12.9. The van der Waals surface area contributed by atoms with E-state index in [0.29, 0.717) is 15.6 Å². The highest BCUT2D eigenvalue weighted by molar-refractivity contribution is 7.99. The van der Waals surface area contributed by atoms with Gasteiger partial charge in [0, 0.05) is 22.0 Å². The van der Waals surface area contributed by atoms with E-state index >= 15 is 0 Å². The number of rotatable bonds is 2. The van der Waals surface area contributed by atoms with Crippen molar-refractivity contribution in [3.63, 3.8) is 0 Å². The Bertz CT molecular complexity index is 790. The Morgan fingerprint density at radius 2 is 1.80 bits per heavy atom. The Balaban J connectivity index is 1.96. The molecule has 3 aromatic rings. The molecule has 0 bridgehead atoms. The summed E-state index contributed by atoms with van der Waals surface area (Å²) in [5.41, 5.74) is 7.16. The Morgan fingerprint density at radius 1 is 0.950 bits per heavy atom. The van der Waals surface area contributed by atoms with Crippen molar-refractivity contribution in [1.82, 2.24) is 4.98 Å². The lowest BCUT2D eigenvalue weighted by Crippen LogP contribution is -1.88. The van der Waals surface area contributed by atoms with Crippen molar-refractivity contribution < 1.29 is 8.78 Å². The average Bonchev–Trinajstić information content (AvgIpc) is 2.42. The molecule has 0 atom stereocenters. The predicted molar refractivity (Wildman–Crippen MR) is 76.6 cm³/mol. The molecule has 2 aromatic carbocycles. The van der Waals surface area contributed by atoms with Crippen LogP contribution in [0.5, 0.6) is 0 Å². The molecule has 1 heterocycles. The molecule has 0 amide bonds. The molecule has 0 aliphatic carbocycles. The van der Waals surface area contributed by atoms with Crippen LogP contribution in [0.15, 0.2) is 58.5 Å². The third kappa shape index (κ3) is 2.58. The molecule has 0 aliphatic rings. The van der Waals surface area contributed by atoms with Crippen LogP contribution in [0.2, 0.25) is 0 Å². The summed E-state index contributed by atoms with van der Waals surface area (Å²) < 4.78 is 26.5. The Hall–Kier alpha value is -2.14. The minimum absolute atomic E-state index is 0.341. The SMILES string of the molecule is Nc1ccc2nc(Sc3ccc(F)cc3F)ccc2c1. The number of anilines is 1. The summed E-state index contributed by atoms with van der Waals surface area (Å²) in [4.78, 5) is 4.76. The third-order valence-corrected chi connectivity index (χ3v) is 3.78. The van der Waals surface area contributed by atoms with Crippen LogP contribution in [0.25, 0.3) is 10.9 Å². The van der Waals surface area contributed by atoms with Gasteiger partial charge in [0.15, 0.2) is 0 Å². The van der Waals surface area contributed by atoms with Gasteiger partial charge in [0.1, 0.15) is 16.7 Å². The van der Waals surface area contributed by atoms with Crippen LogP contribution < -0.4 is 5.73 Å². The average molecular weight is 288 g/mol. The van der Waals surface area contributed by atoms with Gasteiger partial charge < -0.3 is 5.73 Å². The third-order valence-electron chi connectivity index (χ3n) is 2.80. The Morgan fingerprint density at radius 3 is 2.60 bits per heavy atom. The highest BCUT2D eigenvalue weighted by Crippen LogP contribution is 2.30. The topological polar surface area (TPSA) is 38.9 Å². The molecule has 0 fully saturated rings. The van der Waals surface area contributed by atoms with E-state index in [1.165, 1.54) is 12.1 Å². The summed E-state index contributed by atoms with van der Waals surface area (Å²) >= 11 is 1.16. The van der Waals surface area contributed by atoms with Gasteiger partial charge in [-0.15, -0.1) is 0 Å². The van der Waals surface area contributed by atoms with Crippen LogP contribution in [-0.4, -0.2) is 4.98 Å². The summed E-state index contributed by atoms with van der Waals surface area (Å²) in [5.74, 6) is -1.18. The van der Waals surface area contributed by atoms with E-state index in [1.54, 1.807) is 12.1 Å². The smallest absolute Gasteiger partial charge is 0.140 e. The minimum atomic E-state index is -0.589. The molecule has 0 unspecified atom stereocenters. The molecule has 0 aliphatic heterocycles. The first-order valence-corrected chi connectivity index (χ1v) is 6.73. The first-order valence-electron chi connectivity index (χ1n) is 5.91. The summed E-state index contributed by atoms with van der Waals surface area (Å²) in [7, 11) is 0. The first-order chi connectivity index (χ1) is 9.61. The predicted octanol–water partition coefficient (Wildman–Crippen LogP) is 4.25. The van der Waals surface area contributed by atoms with Crippen molar-refractivity contribution in [3.05, 3.63) is 60.2 Å². The molecule has 0 spiro atoms. The lowest BCUT2D eigenvalue weighted by Gasteiger charge is -2.05. The second-order valence-corrected chi connectivity index (χ2v) is 5.34. The number of pyridine rings is 1. The van der Waals surface area contributed by atoms with Gasteiger partial charge in [0.25, 0.3) is 0 Å². The zero-order chi connectivity index (χ0) is 14.1. The Kier molecular flexibility index (Phi) is 3.28. The lowest BCUT2D eigenvalue weighted by molar-refractivity contribution is 0.565. The number of nitrogens with two attached hydrogens (primary N) is 1. The molecule has 0 saturated carbocycles. The molecule has 3 rings (SSSR count). The molecule has 20 heavy (non-hydrogen) atoms. The standard InChI is InChI=1S/C15H10F2N2S/c16-10-2-5-14(12(17)8-10)20-15-6-1-9-7-11(18)3-4-13(9)19-15/h1-8H,18H2. The summed E-state index contributed by atoms with van der Waals surface area (Å²) in [6, 6.07) is 12.6. The number of nitrogens with zero attached hydrogens (tertiary/aromatic N) is 1. The number of fused-ring (bicyclic) bond motifs is 1. The molecule has 100 valence electrons. The largest absolute Gasteiger partial charge is 0.399 e. The molecular formula is C15H10F2N2S. The maximum Gasteiger partial charge on any atom is 0.140 e. The fourth-order valence-electron chi connectivity index (χ4n) is 1.85. The van der Waals surface area contributed by atoms with Crippen LogP contribution in [0.1, 0.15) is 0 Å². The van der Waals surface area contributed by atoms with E-state index in [2.05, 4.69) is 4.98 Å². The molecule has 2 nitrogen and oxygen atoms in total. The fraction of sp³-hybridized carbons (Fsp3) is 0. The van der Waals surface area contributed by atoms with E-state index in [4.69, 9.17) is 5.73 Å². The molecule has 0 saturated heterocycles. The number of halogens is 2. The molecule has 1 aromatic heterocycles. The molecule has 2 N–H and O–H groups in total. The molecular weight excluding hydrogens is 278 g/mol. The van der Waals surface area contributed by atoms with Gasteiger partial charge in [-0.25, -0.2) is 13.8 Å². The lowest BCUT2D eigenvalue weighted by atomic mass is 10.2. The quantitative estimate of drug-likeness (QED) is 0.717.